The van der Waals surface area contributed by atoms with Crippen LogP contribution in [-0.2, 0) is 4.79 Å². The molecule has 0 amide bonds. The van der Waals surface area contributed by atoms with Gasteiger partial charge in [0, 0.05) is 0 Å². The van der Waals surface area contributed by atoms with Crippen molar-refractivity contribution in [2.45, 2.75) is 40.5 Å². The standard InChI is InChI=1S/C15H22O/c1-11(2)9-15(16)10-13(4)14-7-5-12(3)6-8-14/h5,7,9-10,12,14H,6,8H2,1-4H3/b13-10-/t12?,14-/m0/s1. The molecule has 0 aromatic carbocycles. The van der Waals surface area contributed by atoms with E-state index in [-0.39, 0.29) is 5.78 Å². The molecule has 0 spiro atoms. The minimum absolute atomic E-state index is 0.115. The minimum atomic E-state index is 0.115. The smallest absolute Gasteiger partial charge is 0.178 e. The molecular formula is C15H22O. The Kier molecular flexibility index (Phi) is 4.72. The van der Waals surface area contributed by atoms with Crippen molar-refractivity contribution in [2.24, 2.45) is 11.8 Å². The summed E-state index contributed by atoms with van der Waals surface area (Å²) in [6.07, 6.45) is 10.4. The molecule has 0 heterocycles. The van der Waals surface area contributed by atoms with Crippen LogP contribution in [0.15, 0.2) is 35.5 Å². The van der Waals surface area contributed by atoms with Gasteiger partial charge in [-0.3, -0.25) is 4.79 Å². The van der Waals surface area contributed by atoms with Gasteiger partial charge < -0.3 is 0 Å². The summed E-state index contributed by atoms with van der Waals surface area (Å²) in [5, 5.41) is 0. The zero-order valence-electron chi connectivity index (χ0n) is 10.8. The van der Waals surface area contributed by atoms with E-state index < -0.39 is 0 Å². The molecule has 1 heteroatoms. The maximum absolute atomic E-state index is 11.6. The molecule has 1 rings (SSSR count). The highest BCUT2D eigenvalue weighted by Gasteiger charge is 2.14. The van der Waals surface area contributed by atoms with E-state index >= 15 is 0 Å². The largest absolute Gasteiger partial charge is 0.290 e. The molecule has 0 aliphatic heterocycles. The van der Waals surface area contributed by atoms with Crippen LogP contribution in [0.5, 0.6) is 0 Å². The van der Waals surface area contributed by atoms with Crippen LogP contribution in [0.2, 0.25) is 0 Å². The molecule has 0 aromatic heterocycles. The van der Waals surface area contributed by atoms with Crippen LogP contribution in [0.3, 0.4) is 0 Å². The molecule has 0 fully saturated rings. The second kappa shape index (κ2) is 5.83. The number of hydrogen-bond donors (Lipinski definition) is 0. The Balaban J connectivity index is 2.67. The fourth-order valence-electron chi connectivity index (χ4n) is 2.00. The lowest BCUT2D eigenvalue weighted by molar-refractivity contribution is -0.110. The molecular weight excluding hydrogens is 196 g/mol. The van der Waals surface area contributed by atoms with E-state index in [9.17, 15) is 4.79 Å². The number of carbonyl (C=O) groups excluding carboxylic acids is 1. The van der Waals surface area contributed by atoms with Crippen molar-refractivity contribution in [3.05, 3.63) is 35.5 Å². The van der Waals surface area contributed by atoms with Crippen LogP contribution in [0, 0.1) is 11.8 Å². The summed E-state index contributed by atoms with van der Waals surface area (Å²) < 4.78 is 0. The van der Waals surface area contributed by atoms with Gasteiger partial charge in [-0.05, 0) is 57.6 Å². The summed E-state index contributed by atoms with van der Waals surface area (Å²) in [6, 6.07) is 0. The van der Waals surface area contributed by atoms with Crippen LogP contribution in [-0.4, -0.2) is 5.78 Å². The number of allylic oxidation sites excluding steroid dienone is 6. The van der Waals surface area contributed by atoms with Crippen molar-refractivity contribution in [1.82, 2.24) is 0 Å². The second-order valence-electron chi connectivity index (χ2n) is 5.06. The van der Waals surface area contributed by atoms with Gasteiger partial charge in [0.1, 0.15) is 0 Å². The van der Waals surface area contributed by atoms with Crippen LogP contribution in [0.25, 0.3) is 0 Å². The third-order valence-electron chi connectivity index (χ3n) is 2.99. The third-order valence-corrected chi connectivity index (χ3v) is 2.99. The predicted molar refractivity (Wildman–Crippen MR) is 69.2 cm³/mol. The van der Waals surface area contributed by atoms with Crippen LogP contribution < -0.4 is 0 Å². The predicted octanol–water partition coefficient (Wildman–Crippen LogP) is 4.07. The molecule has 16 heavy (non-hydrogen) atoms. The second-order valence-corrected chi connectivity index (χ2v) is 5.06. The average Bonchev–Trinajstić information content (AvgIpc) is 2.16. The highest BCUT2D eigenvalue weighted by Crippen LogP contribution is 2.27. The van der Waals surface area contributed by atoms with Crippen molar-refractivity contribution >= 4 is 5.78 Å². The molecule has 0 saturated carbocycles. The first-order chi connectivity index (χ1) is 7.49. The first kappa shape index (κ1) is 13.0. The van der Waals surface area contributed by atoms with Crippen molar-refractivity contribution in [1.29, 1.82) is 0 Å². The van der Waals surface area contributed by atoms with E-state index in [0.717, 1.165) is 5.57 Å². The molecule has 0 saturated heterocycles. The first-order valence-electron chi connectivity index (χ1n) is 6.04. The molecule has 1 aliphatic carbocycles. The van der Waals surface area contributed by atoms with Gasteiger partial charge in [-0.25, -0.2) is 0 Å². The van der Waals surface area contributed by atoms with Gasteiger partial charge in [0.05, 0.1) is 0 Å². The van der Waals surface area contributed by atoms with Gasteiger partial charge in [-0.2, -0.15) is 0 Å². The molecule has 88 valence electrons. The molecule has 1 aliphatic rings. The van der Waals surface area contributed by atoms with Gasteiger partial charge in [-0.15, -0.1) is 0 Å². The Morgan fingerprint density at radius 2 is 1.81 bits per heavy atom. The van der Waals surface area contributed by atoms with Gasteiger partial charge in [0.25, 0.3) is 0 Å². The molecule has 0 N–H and O–H groups in total. The van der Waals surface area contributed by atoms with Gasteiger partial charge >= 0.3 is 0 Å². The Bertz CT molecular complexity index is 340. The molecule has 0 bridgehead atoms. The van der Waals surface area contributed by atoms with Crippen LogP contribution in [0.1, 0.15) is 40.5 Å². The number of ketones is 1. The van der Waals surface area contributed by atoms with E-state index in [4.69, 9.17) is 0 Å². The van der Waals surface area contributed by atoms with E-state index in [0.29, 0.717) is 11.8 Å². The maximum atomic E-state index is 11.6. The molecule has 0 radical (unpaired) electrons. The van der Waals surface area contributed by atoms with Crippen molar-refractivity contribution in [2.75, 3.05) is 0 Å². The quantitative estimate of drug-likeness (QED) is 0.515. The van der Waals surface area contributed by atoms with E-state index in [2.05, 4.69) is 26.0 Å². The molecule has 0 aromatic rings. The normalized spacial score (nSPS) is 25.4. The Labute approximate surface area is 98.9 Å². The van der Waals surface area contributed by atoms with Gasteiger partial charge in [0.15, 0.2) is 5.78 Å². The van der Waals surface area contributed by atoms with Crippen molar-refractivity contribution < 1.29 is 4.79 Å². The van der Waals surface area contributed by atoms with Crippen molar-refractivity contribution in [3.8, 4) is 0 Å². The van der Waals surface area contributed by atoms with E-state index in [1.807, 2.05) is 13.8 Å². The van der Waals surface area contributed by atoms with E-state index in [1.54, 1.807) is 12.2 Å². The summed E-state index contributed by atoms with van der Waals surface area (Å²) >= 11 is 0. The lowest BCUT2D eigenvalue weighted by Gasteiger charge is -2.20. The summed E-state index contributed by atoms with van der Waals surface area (Å²) in [6.45, 7) is 8.19. The number of rotatable bonds is 3. The first-order valence-corrected chi connectivity index (χ1v) is 6.04. The van der Waals surface area contributed by atoms with Gasteiger partial charge in [-0.1, -0.05) is 30.2 Å². The Hall–Kier alpha value is -1.11. The summed E-state index contributed by atoms with van der Waals surface area (Å²) in [5.74, 6) is 1.27. The highest BCUT2D eigenvalue weighted by atomic mass is 16.1. The SMILES string of the molecule is CC(C)=CC(=O)/C=C(/C)[C@H]1C=CC(C)CC1. The van der Waals surface area contributed by atoms with Crippen LogP contribution in [0.4, 0.5) is 0 Å². The third kappa shape index (κ3) is 4.18. The lowest BCUT2D eigenvalue weighted by Crippen LogP contribution is -2.08. The zero-order chi connectivity index (χ0) is 12.1. The number of carbonyl (C=O) groups is 1. The number of hydrogen-bond acceptors (Lipinski definition) is 1. The summed E-state index contributed by atoms with van der Waals surface area (Å²) in [7, 11) is 0. The Morgan fingerprint density at radius 3 is 2.31 bits per heavy atom. The average molecular weight is 218 g/mol. The maximum Gasteiger partial charge on any atom is 0.178 e. The minimum Gasteiger partial charge on any atom is -0.290 e. The fourth-order valence-corrected chi connectivity index (χ4v) is 2.00. The molecule has 1 nitrogen and oxygen atoms in total. The lowest BCUT2D eigenvalue weighted by atomic mass is 9.85. The fraction of sp³-hybridized carbons (Fsp3) is 0.533. The monoisotopic (exact) mass is 218 g/mol. The zero-order valence-corrected chi connectivity index (χ0v) is 10.8. The molecule has 1 unspecified atom stereocenters. The van der Waals surface area contributed by atoms with E-state index in [1.165, 1.54) is 18.4 Å². The Morgan fingerprint density at radius 1 is 1.12 bits per heavy atom. The topological polar surface area (TPSA) is 17.1 Å². The van der Waals surface area contributed by atoms with Gasteiger partial charge in [0.2, 0.25) is 0 Å². The van der Waals surface area contributed by atoms with Crippen molar-refractivity contribution in [3.63, 3.8) is 0 Å². The van der Waals surface area contributed by atoms with Crippen LogP contribution >= 0.6 is 0 Å². The summed E-state index contributed by atoms with van der Waals surface area (Å²) in [5.41, 5.74) is 2.24. The summed E-state index contributed by atoms with van der Waals surface area (Å²) in [4.78, 5) is 11.6. The molecule has 2 atom stereocenters. The highest BCUT2D eigenvalue weighted by molar-refractivity contribution is 6.00.